The van der Waals surface area contributed by atoms with Gasteiger partial charge in [0.05, 0.1) is 13.0 Å². The number of pyridine rings is 1. The number of benzene rings is 2. The second-order valence-electron chi connectivity index (χ2n) is 5.46. The lowest BCUT2D eigenvalue weighted by Crippen LogP contribution is -2.32. The van der Waals surface area contributed by atoms with Crippen molar-refractivity contribution in [2.75, 3.05) is 4.90 Å². The van der Waals surface area contributed by atoms with Gasteiger partial charge in [-0.1, -0.05) is 48.5 Å². The molecule has 1 aromatic heterocycles. The molecule has 0 saturated carbocycles. The summed E-state index contributed by atoms with van der Waals surface area (Å²) in [5, 5.41) is 0. The van der Waals surface area contributed by atoms with Crippen molar-refractivity contribution in [3.8, 4) is 0 Å². The van der Waals surface area contributed by atoms with E-state index in [2.05, 4.69) is 4.98 Å². The van der Waals surface area contributed by atoms with Crippen LogP contribution in [0, 0.1) is 5.82 Å². The van der Waals surface area contributed by atoms with Crippen LogP contribution in [0.4, 0.5) is 10.2 Å². The summed E-state index contributed by atoms with van der Waals surface area (Å²) in [6, 6.07) is 21.2. The zero-order valence-electron chi connectivity index (χ0n) is 13.1. The number of hydrogen-bond acceptors (Lipinski definition) is 2. The van der Waals surface area contributed by atoms with Gasteiger partial charge in [-0.05, 0) is 35.4 Å². The molecule has 3 nitrogen and oxygen atoms in total. The van der Waals surface area contributed by atoms with Crippen molar-refractivity contribution in [3.63, 3.8) is 0 Å². The Morgan fingerprint density at radius 2 is 1.58 bits per heavy atom. The number of nitrogens with zero attached hydrogens (tertiary/aromatic N) is 2. The maximum absolute atomic E-state index is 13.0. The van der Waals surface area contributed by atoms with Crippen molar-refractivity contribution in [1.82, 2.24) is 4.98 Å². The summed E-state index contributed by atoms with van der Waals surface area (Å²) < 4.78 is 13.0. The maximum atomic E-state index is 13.0. The van der Waals surface area contributed by atoms with E-state index in [1.54, 1.807) is 23.2 Å². The van der Waals surface area contributed by atoms with Crippen molar-refractivity contribution in [2.24, 2.45) is 0 Å². The summed E-state index contributed by atoms with van der Waals surface area (Å²) in [5.41, 5.74) is 1.80. The molecule has 0 N–H and O–H groups in total. The number of carbonyl (C=O) groups is 1. The minimum absolute atomic E-state index is 0.0795. The van der Waals surface area contributed by atoms with Gasteiger partial charge in [-0.15, -0.1) is 0 Å². The summed E-state index contributed by atoms with van der Waals surface area (Å²) in [6.07, 6.45) is 1.86. The van der Waals surface area contributed by atoms with Crippen LogP contribution in [0.5, 0.6) is 0 Å². The predicted octanol–water partition coefficient (Wildman–Crippen LogP) is 4.00. The third kappa shape index (κ3) is 4.04. The second kappa shape index (κ2) is 7.51. The summed E-state index contributed by atoms with van der Waals surface area (Å²) in [5.74, 6) is 0.217. The lowest BCUT2D eigenvalue weighted by molar-refractivity contribution is -0.118. The van der Waals surface area contributed by atoms with Gasteiger partial charge in [-0.2, -0.15) is 0 Å². The predicted molar refractivity (Wildman–Crippen MR) is 92.0 cm³/mol. The van der Waals surface area contributed by atoms with Crippen LogP contribution in [0.25, 0.3) is 0 Å². The molecule has 0 aliphatic rings. The Balaban J connectivity index is 1.83. The number of aromatic nitrogens is 1. The van der Waals surface area contributed by atoms with Crippen molar-refractivity contribution >= 4 is 11.7 Å². The quantitative estimate of drug-likeness (QED) is 0.712. The smallest absolute Gasteiger partial charge is 0.232 e. The van der Waals surface area contributed by atoms with Crippen LogP contribution in [0.3, 0.4) is 0 Å². The summed E-state index contributed by atoms with van der Waals surface area (Å²) in [7, 11) is 0. The Morgan fingerprint density at radius 1 is 0.875 bits per heavy atom. The molecule has 3 aromatic rings. The highest BCUT2D eigenvalue weighted by atomic mass is 19.1. The molecule has 2 aromatic carbocycles. The molecule has 0 bridgehead atoms. The van der Waals surface area contributed by atoms with Gasteiger partial charge in [0, 0.05) is 6.20 Å². The largest absolute Gasteiger partial charge is 0.292 e. The molecule has 0 unspecified atom stereocenters. The number of rotatable bonds is 5. The number of carbonyl (C=O) groups excluding carboxylic acids is 1. The molecule has 24 heavy (non-hydrogen) atoms. The van der Waals surface area contributed by atoms with E-state index in [-0.39, 0.29) is 18.1 Å². The van der Waals surface area contributed by atoms with E-state index in [1.165, 1.54) is 12.1 Å². The van der Waals surface area contributed by atoms with Gasteiger partial charge in [0.2, 0.25) is 5.91 Å². The van der Waals surface area contributed by atoms with Gasteiger partial charge in [0.15, 0.2) is 0 Å². The Bertz CT molecular complexity index is 789. The van der Waals surface area contributed by atoms with Crippen molar-refractivity contribution in [1.29, 1.82) is 0 Å². The van der Waals surface area contributed by atoms with Crippen LogP contribution in [0.1, 0.15) is 11.1 Å². The van der Waals surface area contributed by atoms with Crippen molar-refractivity contribution < 1.29 is 9.18 Å². The number of hydrogen-bond donors (Lipinski definition) is 0. The Kier molecular flexibility index (Phi) is 4.96. The van der Waals surface area contributed by atoms with Crippen LogP contribution < -0.4 is 4.90 Å². The molecule has 0 saturated heterocycles. The molecule has 0 atom stereocenters. The highest BCUT2D eigenvalue weighted by Gasteiger charge is 2.17. The number of halogens is 1. The standard InChI is InChI=1S/C20H17FN2O/c21-18-11-9-16(10-12-18)14-20(24)23(19-8-4-5-13-22-19)15-17-6-2-1-3-7-17/h1-13H,14-15H2. The monoisotopic (exact) mass is 320 g/mol. The Labute approximate surface area is 140 Å². The molecular formula is C20H17FN2O. The molecule has 0 radical (unpaired) electrons. The van der Waals surface area contributed by atoms with E-state index in [4.69, 9.17) is 0 Å². The molecule has 0 spiro atoms. The van der Waals surface area contributed by atoms with Gasteiger partial charge >= 0.3 is 0 Å². The van der Waals surface area contributed by atoms with E-state index < -0.39 is 0 Å². The first-order valence-corrected chi connectivity index (χ1v) is 7.72. The van der Waals surface area contributed by atoms with Gasteiger partial charge in [-0.25, -0.2) is 9.37 Å². The highest BCUT2D eigenvalue weighted by molar-refractivity contribution is 5.93. The zero-order valence-corrected chi connectivity index (χ0v) is 13.1. The van der Waals surface area contributed by atoms with E-state index >= 15 is 0 Å². The Morgan fingerprint density at radius 3 is 2.25 bits per heavy atom. The fourth-order valence-electron chi connectivity index (χ4n) is 2.45. The van der Waals surface area contributed by atoms with Crippen molar-refractivity contribution in [3.05, 3.63) is 95.9 Å². The first-order chi connectivity index (χ1) is 11.7. The molecular weight excluding hydrogens is 303 g/mol. The summed E-state index contributed by atoms with van der Waals surface area (Å²) in [4.78, 5) is 18.7. The summed E-state index contributed by atoms with van der Waals surface area (Å²) in [6.45, 7) is 0.442. The fraction of sp³-hybridized carbons (Fsp3) is 0.100. The van der Waals surface area contributed by atoms with Crippen LogP contribution in [-0.4, -0.2) is 10.9 Å². The lowest BCUT2D eigenvalue weighted by atomic mass is 10.1. The normalized spacial score (nSPS) is 10.4. The van der Waals surface area contributed by atoms with E-state index in [1.807, 2.05) is 48.5 Å². The fourth-order valence-corrected chi connectivity index (χ4v) is 2.45. The first kappa shape index (κ1) is 15.9. The SMILES string of the molecule is O=C(Cc1ccc(F)cc1)N(Cc1ccccc1)c1ccccn1. The van der Waals surface area contributed by atoms with Gasteiger partial charge < -0.3 is 0 Å². The average molecular weight is 320 g/mol. The number of anilines is 1. The van der Waals surface area contributed by atoms with Crippen LogP contribution >= 0.6 is 0 Å². The minimum Gasteiger partial charge on any atom is -0.292 e. The van der Waals surface area contributed by atoms with Crippen molar-refractivity contribution in [2.45, 2.75) is 13.0 Å². The molecule has 0 fully saturated rings. The van der Waals surface area contributed by atoms with E-state index in [9.17, 15) is 9.18 Å². The number of amides is 1. The average Bonchev–Trinajstić information content (AvgIpc) is 2.63. The molecule has 0 aliphatic carbocycles. The molecule has 120 valence electrons. The Hall–Kier alpha value is -3.01. The van der Waals surface area contributed by atoms with Crippen LogP contribution in [0.2, 0.25) is 0 Å². The van der Waals surface area contributed by atoms with Gasteiger partial charge in [0.25, 0.3) is 0 Å². The molecule has 3 rings (SSSR count). The van der Waals surface area contributed by atoms with Gasteiger partial charge in [-0.3, -0.25) is 9.69 Å². The highest BCUT2D eigenvalue weighted by Crippen LogP contribution is 2.16. The third-order valence-corrected chi connectivity index (χ3v) is 3.68. The van der Waals surface area contributed by atoms with Crippen LogP contribution in [-0.2, 0) is 17.8 Å². The van der Waals surface area contributed by atoms with E-state index in [0.717, 1.165) is 11.1 Å². The lowest BCUT2D eigenvalue weighted by Gasteiger charge is -2.22. The first-order valence-electron chi connectivity index (χ1n) is 7.72. The minimum atomic E-state index is -0.308. The summed E-state index contributed by atoms with van der Waals surface area (Å²) >= 11 is 0. The molecule has 4 heteroatoms. The zero-order chi connectivity index (χ0) is 16.8. The topological polar surface area (TPSA) is 33.2 Å². The van der Waals surface area contributed by atoms with Gasteiger partial charge in [0.1, 0.15) is 11.6 Å². The van der Waals surface area contributed by atoms with E-state index in [0.29, 0.717) is 12.4 Å². The second-order valence-corrected chi connectivity index (χ2v) is 5.46. The maximum Gasteiger partial charge on any atom is 0.232 e. The van der Waals surface area contributed by atoms with Crippen LogP contribution in [0.15, 0.2) is 79.0 Å². The third-order valence-electron chi connectivity index (χ3n) is 3.68. The molecule has 0 aliphatic heterocycles. The molecule has 1 heterocycles. The molecule has 1 amide bonds.